The molecule has 0 amide bonds. The van der Waals surface area contributed by atoms with Crippen LogP contribution in [0, 0.1) is 6.92 Å². The summed E-state index contributed by atoms with van der Waals surface area (Å²) in [6.45, 7) is 3.93. The van der Waals surface area contributed by atoms with Crippen LogP contribution in [-0.4, -0.2) is 17.3 Å². The van der Waals surface area contributed by atoms with E-state index in [1.807, 2.05) is 0 Å². The van der Waals surface area contributed by atoms with Crippen molar-refractivity contribution in [3.63, 3.8) is 0 Å². The molecule has 0 radical (unpaired) electrons. The molecule has 0 aliphatic rings. The molecule has 4 nitrogen and oxygen atoms in total. The number of hydrogen-bond donors (Lipinski definition) is 1. The van der Waals surface area contributed by atoms with E-state index in [4.69, 9.17) is 10.5 Å². The lowest BCUT2D eigenvalue weighted by molar-refractivity contribution is 0.153. The average molecular weight is 168 g/mol. The molecule has 1 aromatic rings. The SMILES string of the molecule is CCOC(=O)n1cc(N)cc1C. The van der Waals surface area contributed by atoms with Crippen LogP contribution in [0.25, 0.3) is 0 Å². The molecule has 1 heterocycles. The van der Waals surface area contributed by atoms with Crippen molar-refractivity contribution in [2.24, 2.45) is 0 Å². The number of nitrogens with zero attached hydrogens (tertiary/aromatic N) is 1. The predicted molar refractivity (Wildman–Crippen MR) is 46.0 cm³/mol. The number of hydrogen-bond acceptors (Lipinski definition) is 3. The molecule has 2 N–H and O–H groups in total. The Morgan fingerprint density at radius 3 is 2.83 bits per heavy atom. The van der Waals surface area contributed by atoms with Crippen LogP contribution in [0.5, 0.6) is 0 Å². The number of ether oxygens (including phenoxy) is 1. The van der Waals surface area contributed by atoms with Gasteiger partial charge >= 0.3 is 6.09 Å². The van der Waals surface area contributed by atoms with Crippen LogP contribution < -0.4 is 5.73 Å². The summed E-state index contributed by atoms with van der Waals surface area (Å²) >= 11 is 0. The first-order valence-corrected chi connectivity index (χ1v) is 3.76. The summed E-state index contributed by atoms with van der Waals surface area (Å²) in [6.07, 6.45) is 1.17. The number of carbonyl (C=O) groups excluding carboxylic acids is 1. The number of nitrogens with two attached hydrogens (primary N) is 1. The molecule has 0 saturated heterocycles. The van der Waals surface area contributed by atoms with Gasteiger partial charge in [-0.1, -0.05) is 0 Å². The molecule has 0 aliphatic carbocycles. The molecule has 12 heavy (non-hydrogen) atoms. The summed E-state index contributed by atoms with van der Waals surface area (Å²) in [4.78, 5) is 11.2. The second kappa shape index (κ2) is 3.30. The molecule has 1 rings (SSSR count). The maximum absolute atomic E-state index is 11.2. The highest BCUT2D eigenvalue weighted by molar-refractivity contribution is 5.73. The fourth-order valence-electron chi connectivity index (χ4n) is 0.989. The largest absolute Gasteiger partial charge is 0.449 e. The highest BCUT2D eigenvalue weighted by atomic mass is 16.5. The fourth-order valence-corrected chi connectivity index (χ4v) is 0.989. The van der Waals surface area contributed by atoms with Crippen molar-refractivity contribution in [2.75, 3.05) is 12.3 Å². The fraction of sp³-hybridized carbons (Fsp3) is 0.375. The van der Waals surface area contributed by atoms with Crippen LogP contribution >= 0.6 is 0 Å². The van der Waals surface area contributed by atoms with E-state index in [9.17, 15) is 4.79 Å². The van der Waals surface area contributed by atoms with Gasteiger partial charge in [0.1, 0.15) is 0 Å². The average Bonchev–Trinajstić information content (AvgIpc) is 2.30. The van der Waals surface area contributed by atoms with Crippen LogP contribution in [0.1, 0.15) is 12.6 Å². The Morgan fingerprint density at radius 2 is 2.42 bits per heavy atom. The Balaban J connectivity index is 2.87. The predicted octanol–water partition coefficient (Wildman–Crippen LogP) is 1.38. The number of rotatable bonds is 1. The molecule has 0 bridgehead atoms. The van der Waals surface area contributed by atoms with E-state index in [1.54, 1.807) is 26.1 Å². The minimum atomic E-state index is -0.383. The Morgan fingerprint density at radius 1 is 1.75 bits per heavy atom. The third-order valence-corrected chi connectivity index (χ3v) is 1.50. The Bertz CT molecular complexity index is 291. The monoisotopic (exact) mass is 168 g/mol. The van der Waals surface area contributed by atoms with Gasteiger partial charge in [0.2, 0.25) is 0 Å². The van der Waals surface area contributed by atoms with E-state index in [-0.39, 0.29) is 6.09 Å². The third kappa shape index (κ3) is 1.58. The van der Waals surface area contributed by atoms with Crippen molar-refractivity contribution in [1.29, 1.82) is 0 Å². The molecule has 0 fully saturated rings. The minimum absolute atomic E-state index is 0.371. The van der Waals surface area contributed by atoms with Gasteiger partial charge in [-0.05, 0) is 19.9 Å². The quantitative estimate of drug-likeness (QED) is 0.689. The molecule has 0 aliphatic heterocycles. The molecule has 0 saturated carbocycles. The normalized spacial score (nSPS) is 9.83. The smallest absolute Gasteiger partial charge is 0.418 e. The molecule has 0 atom stereocenters. The lowest BCUT2D eigenvalue weighted by Crippen LogP contribution is -2.13. The summed E-state index contributed by atoms with van der Waals surface area (Å²) in [5, 5.41) is 0. The van der Waals surface area contributed by atoms with Gasteiger partial charge < -0.3 is 10.5 Å². The Hall–Kier alpha value is -1.45. The van der Waals surface area contributed by atoms with Crippen molar-refractivity contribution in [3.05, 3.63) is 18.0 Å². The van der Waals surface area contributed by atoms with Gasteiger partial charge in [-0.15, -0.1) is 0 Å². The second-order valence-corrected chi connectivity index (χ2v) is 2.48. The molecule has 0 unspecified atom stereocenters. The second-order valence-electron chi connectivity index (χ2n) is 2.48. The lowest BCUT2D eigenvalue weighted by atomic mass is 10.4. The summed E-state index contributed by atoms with van der Waals surface area (Å²) in [7, 11) is 0. The maximum Gasteiger partial charge on any atom is 0.418 e. The zero-order valence-corrected chi connectivity index (χ0v) is 7.20. The number of aromatic nitrogens is 1. The van der Waals surface area contributed by atoms with Crippen LogP contribution in [0.15, 0.2) is 12.3 Å². The number of anilines is 1. The molecule has 66 valence electrons. The van der Waals surface area contributed by atoms with E-state index in [0.29, 0.717) is 12.3 Å². The summed E-state index contributed by atoms with van der Waals surface area (Å²) < 4.78 is 6.18. The summed E-state index contributed by atoms with van der Waals surface area (Å²) in [5.41, 5.74) is 6.84. The van der Waals surface area contributed by atoms with E-state index in [0.717, 1.165) is 5.69 Å². The van der Waals surface area contributed by atoms with Crippen molar-refractivity contribution in [3.8, 4) is 0 Å². The maximum atomic E-state index is 11.2. The number of nitrogen functional groups attached to an aromatic ring is 1. The Labute approximate surface area is 70.9 Å². The topological polar surface area (TPSA) is 57.2 Å². The van der Waals surface area contributed by atoms with Crippen molar-refractivity contribution in [2.45, 2.75) is 13.8 Å². The van der Waals surface area contributed by atoms with Gasteiger partial charge in [-0.3, -0.25) is 4.57 Å². The molecule has 4 heteroatoms. The van der Waals surface area contributed by atoms with Gasteiger partial charge in [0, 0.05) is 11.9 Å². The standard InChI is InChI=1S/C8H12N2O2/c1-3-12-8(11)10-5-7(9)4-6(10)2/h4-5H,3,9H2,1-2H3. The van der Waals surface area contributed by atoms with Gasteiger partial charge in [-0.25, -0.2) is 4.79 Å². The first kappa shape index (κ1) is 8.64. The molecule has 1 aromatic heterocycles. The molecule has 0 spiro atoms. The highest BCUT2D eigenvalue weighted by Gasteiger charge is 2.07. The summed E-state index contributed by atoms with van der Waals surface area (Å²) in [5.74, 6) is 0. The number of aryl methyl sites for hydroxylation is 1. The first-order chi connectivity index (χ1) is 5.65. The Kier molecular flexibility index (Phi) is 2.38. The van der Waals surface area contributed by atoms with Crippen molar-refractivity contribution in [1.82, 2.24) is 4.57 Å². The lowest BCUT2D eigenvalue weighted by Gasteiger charge is -2.03. The van der Waals surface area contributed by atoms with E-state index in [1.165, 1.54) is 4.57 Å². The molecular weight excluding hydrogens is 156 g/mol. The van der Waals surface area contributed by atoms with Gasteiger partial charge in [0.25, 0.3) is 0 Å². The number of carbonyl (C=O) groups is 1. The van der Waals surface area contributed by atoms with Crippen LogP contribution in [0.2, 0.25) is 0 Å². The van der Waals surface area contributed by atoms with Gasteiger partial charge in [0.05, 0.1) is 12.3 Å². The third-order valence-electron chi connectivity index (χ3n) is 1.50. The van der Waals surface area contributed by atoms with Crippen molar-refractivity contribution >= 4 is 11.8 Å². The van der Waals surface area contributed by atoms with E-state index in [2.05, 4.69) is 0 Å². The zero-order chi connectivity index (χ0) is 9.14. The molecular formula is C8H12N2O2. The molecule has 0 aromatic carbocycles. The van der Waals surface area contributed by atoms with Crippen molar-refractivity contribution < 1.29 is 9.53 Å². The van der Waals surface area contributed by atoms with Crippen LogP contribution in [0.3, 0.4) is 0 Å². The van der Waals surface area contributed by atoms with E-state index < -0.39 is 0 Å². The van der Waals surface area contributed by atoms with Crippen LogP contribution in [-0.2, 0) is 4.74 Å². The van der Waals surface area contributed by atoms with Gasteiger partial charge in [0.15, 0.2) is 0 Å². The van der Waals surface area contributed by atoms with Crippen LogP contribution in [0.4, 0.5) is 10.5 Å². The minimum Gasteiger partial charge on any atom is -0.449 e. The van der Waals surface area contributed by atoms with E-state index >= 15 is 0 Å². The van der Waals surface area contributed by atoms with Gasteiger partial charge in [-0.2, -0.15) is 0 Å². The summed E-state index contributed by atoms with van der Waals surface area (Å²) in [6, 6.07) is 1.72. The first-order valence-electron chi connectivity index (χ1n) is 3.76. The zero-order valence-electron chi connectivity index (χ0n) is 7.20. The highest BCUT2D eigenvalue weighted by Crippen LogP contribution is 2.09.